The first kappa shape index (κ1) is 17.7. The van der Waals surface area contributed by atoms with Crippen molar-refractivity contribution in [2.45, 2.75) is 11.3 Å². The number of halogens is 1. The Bertz CT molecular complexity index is 745. The molecular formula is C10H13ClN2O6S2. The average molecular weight is 357 g/mol. The van der Waals surface area contributed by atoms with Crippen molar-refractivity contribution in [1.82, 2.24) is 0 Å². The molecule has 0 amide bonds. The van der Waals surface area contributed by atoms with Crippen LogP contribution in [0.1, 0.15) is 6.42 Å². The Labute approximate surface area is 127 Å². The van der Waals surface area contributed by atoms with Crippen LogP contribution in [0.15, 0.2) is 23.1 Å². The van der Waals surface area contributed by atoms with E-state index in [0.717, 1.165) is 19.2 Å². The molecule has 1 aromatic carbocycles. The number of nitrogens with one attached hydrogen (secondary N) is 1. The predicted octanol–water partition coefficient (Wildman–Crippen LogP) is 0.292. The zero-order valence-corrected chi connectivity index (χ0v) is 13.3. The smallest absolute Gasteiger partial charge is 0.306 e. The van der Waals surface area contributed by atoms with E-state index in [1.165, 1.54) is 6.07 Å². The van der Waals surface area contributed by atoms with Crippen molar-refractivity contribution >= 4 is 43.3 Å². The number of ether oxygens (including phenoxy) is 1. The number of hydrogen-bond donors (Lipinski definition) is 2. The predicted molar refractivity (Wildman–Crippen MR) is 76.9 cm³/mol. The fraction of sp³-hybridized carbons (Fsp3) is 0.300. The fourth-order valence-corrected chi connectivity index (χ4v) is 3.10. The van der Waals surface area contributed by atoms with Crippen LogP contribution in [0.2, 0.25) is 5.02 Å². The summed E-state index contributed by atoms with van der Waals surface area (Å²) in [6, 6.07) is 3.33. The van der Waals surface area contributed by atoms with Crippen molar-refractivity contribution in [2.24, 2.45) is 5.14 Å². The summed E-state index contributed by atoms with van der Waals surface area (Å²) in [5.74, 6) is -1.22. The number of anilines is 1. The van der Waals surface area contributed by atoms with Gasteiger partial charge in [-0.15, -0.1) is 0 Å². The van der Waals surface area contributed by atoms with Gasteiger partial charge in [-0.3, -0.25) is 9.52 Å². The van der Waals surface area contributed by atoms with Crippen molar-refractivity contribution in [3.8, 4) is 0 Å². The van der Waals surface area contributed by atoms with Gasteiger partial charge in [0, 0.05) is 0 Å². The van der Waals surface area contributed by atoms with Gasteiger partial charge in [0.05, 0.1) is 34.9 Å². The Kier molecular flexibility index (Phi) is 5.56. The zero-order chi connectivity index (χ0) is 16.3. The highest BCUT2D eigenvalue weighted by Crippen LogP contribution is 2.25. The standard InChI is InChI=1S/C10H13ClN2O6S2/c1-19-10(14)4-5-20(15,16)13-9-6-7(21(12,17)18)2-3-8(9)11/h2-3,6,13H,4-5H2,1H3,(H2,12,17,18). The minimum absolute atomic E-state index is 0.0101. The molecule has 1 rings (SSSR count). The van der Waals surface area contributed by atoms with Crippen molar-refractivity contribution in [3.63, 3.8) is 0 Å². The van der Waals surface area contributed by atoms with Gasteiger partial charge < -0.3 is 4.74 Å². The lowest BCUT2D eigenvalue weighted by Gasteiger charge is -2.10. The second kappa shape index (κ2) is 6.60. The van der Waals surface area contributed by atoms with Crippen LogP contribution in [-0.2, 0) is 29.6 Å². The van der Waals surface area contributed by atoms with Crippen LogP contribution in [0, 0.1) is 0 Å². The number of hydrogen-bond acceptors (Lipinski definition) is 6. The molecule has 0 fully saturated rings. The molecule has 21 heavy (non-hydrogen) atoms. The average Bonchev–Trinajstić information content (AvgIpc) is 2.37. The van der Waals surface area contributed by atoms with Gasteiger partial charge in [-0.05, 0) is 18.2 Å². The molecule has 0 unspecified atom stereocenters. The van der Waals surface area contributed by atoms with Gasteiger partial charge in [0.1, 0.15) is 0 Å². The molecule has 0 atom stereocenters. The van der Waals surface area contributed by atoms with Gasteiger partial charge in [-0.2, -0.15) is 0 Å². The van der Waals surface area contributed by atoms with Crippen molar-refractivity contribution in [3.05, 3.63) is 23.2 Å². The molecule has 0 aliphatic rings. The molecule has 0 aromatic heterocycles. The monoisotopic (exact) mass is 356 g/mol. The van der Waals surface area contributed by atoms with Crippen LogP contribution in [-0.4, -0.2) is 35.7 Å². The Morgan fingerprint density at radius 2 is 1.95 bits per heavy atom. The normalized spacial score (nSPS) is 12.0. The molecule has 8 nitrogen and oxygen atoms in total. The van der Waals surface area contributed by atoms with Gasteiger partial charge in [0.25, 0.3) is 0 Å². The van der Waals surface area contributed by atoms with E-state index in [4.69, 9.17) is 16.7 Å². The van der Waals surface area contributed by atoms with Gasteiger partial charge in [0.15, 0.2) is 0 Å². The van der Waals surface area contributed by atoms with E-state index in [1.54, 1.807) is 0 Å². The molecule has 0 aliphatic carbocycles. The van der Waals surface area contributed by atoms with Crippen LogP contribution in [0.4, 0.5) is 5.69 Å². The lowest BCUT2D eigenvalue weighted by Crippen LogP contribution is -2.20. The molecule has 11 heteroatoms. The highest BCUT2D eigenvalue weighted by molar-refractivity contribution is 7.92. The molecule has 0 saturated heterocycles. The van der Waals surface area contributed by atoms with E-state index in [-0.39, 0.29) is 22.0 Å². The molecule has 0 bridgehead atoms. The minimum Gasteiger partial charge on any atom is -0.469 e. The number of primary sulfonamides is 1. The van der Waals surface area contributed by atoms with Gasteiger partial charge in [-0.1, -0.05) is 11.6 Å². The second-order valence-electron chi connectivity index (χ2n) is 3.93. The summed E-state index contributed by atoms with van der Waals surface area (Å²) in [7, 11) is -6.76. The maximum atomic E-state index is 11.8. The first-order valence-corrected chi connectivity index (χ1v) is 9.02. The van der Waals surface area contributed by atoms with E-state index < -0.39 is 31.8 Å². The molecule has 1 aromatic rings. The molecule has 0 saturated carbocycles. The molecule has 0 heterocycles. The fourth-order valence-electron chi connectivity index (χ4n) is 1.30. The highest BCUT2D eigenvalue weighted by atomic mass is 35.5. The molecule has 3 N–H and O–H groups in total. The molecular weight excluding hydrogens is 344 g/mol. The number of esters is 1. The van der Waals surface area contributed by atoms with E-state index in [9.17, 15) is 21.6 Å². The molecule has 118 valence electrons. The molecule has 0 radical (unpaired) electrons. The first-order valence-electron chi connectivity index (χ1n) is 5.45. The Morgan fingerprint density at radius 1 is 1.33 bits per heavy atom. The third kappa shape index (κ3) is 5.50. The van der Waals surface area contributed by atoms with Crippen LogP contribution >= 0.6 is 11.6 Å². The number of carbonyl (C=O) groups excluding carboxylic acids is 1. The summed E-state index contributed by atoms with van der Waals surface area (Å²) in [5.41, 5.74) is -0.145. The van der Waals surface area contributed by atoms with E-state index in [0.29, 0.717) is 0 Å². The Balaban J connectivity index is 2.99. The SMILES string of the molecule is COC(=O)CCS(=O)(=O)Nc1cc(S(N)(=O)=O)ccc1Cl. The molecule has 0 spiro atoms. The quantitative estimate of drug-likeness (QED) is 0.704. The van der Waals surface area contributed by atoms with Crippen molar-refractivity contribution in [1.29, 1.82) is 0 Å². The summed E-state index contributed by atoms with van der Waals surface area (Å²) < 4.78 is 52.4. The number of methoxy groups -OCH3 is 1. The highest BCUT2D eigenvalue weighted by Gasteiger charge is 2.17. The van der Waals surface area contributed by atoms with Crippen molar-refractivity contribution < 1.29 is 26.4 Å². The lowest BCUT2D eigenvalue weighted by molar-refractivity contribution is -0.140. The van der Waals surface area contributed by atoms with Gasteiger partial charge >= 0.3 is 5.97 Å². The third-order valence-corrected chi connectivity index (χ3v) is 4.85. The number of nitrogens with two attached hydrogens (primary N) is 1. The van der Waals surface area contributed by atoms with Gasteiger partial charge in [-0.25, -0.2) is 22.0 Å². The van der Waals surface area contributed by atoms with E-state index >= 15 is 0 Å². The molecule has 0 aliphatic heterocycles. The topological polar surface area (TPSA) is 133 Å². The number of carbonyl (C=O) groups is 1. The van der Waals surface area contributed by atoms with Crippen LogP contribution in [0.3, 0.4) is 0 Å². The Morgan fingerprint density at radius 3 is 2.48 bits per heavy atom. The van der Waals surface area contributed by atoms with Crippen molar-refractivity contribution in [2.75, 3.05) is 17.6 Å². The third-order valence-electron chi connectivity index (χ3n) is 2.33. The number of sulfonamides is 2. The summed E-state index contributed by atoms with van der Waals surface area (Å²) in [6.45, 7) is 0. The lowest BCUT2D eigenvalue weighted by atomic mass is 10.3. The maximum absolute atomic E-state index is 11.8. The minimum atomic E-state index is -3.99. The summed E-state index contributed by atoms with van der Waals surface area (Å²) >= 11 is 5.79. The summed E-state index contributed by atoms with van der Waals surface area (Å²) in [5, 5.41) is 4.94. The maximum Gasteiger partial charge on any atom is 0.306 e. The van der Waals surface area contributed by atoms with Crippen LogP contribution in [0.25, 0.3) is 0 Å². The number of rotatable bonds is 6. The van der Waals surface area contributed by atoms with Crippen LogP contribution in [0.5, 0.6) is 0 Å². The summed E-state index contributed by atoms with van der Waals surface area (Å²) in [4.78, 5) is 10.6. The van der Waals surface area contributed by atoms with Gasteiger partial charge in [0.2, 0.25) is 20.0 Å². The zero-order valence-electron chi connectivity index (χ0n) is 10.9. The number of benzene rings is 1. The first-order chi connectivity index (χ1) is 9.55. The second-order valence-corrected chi connectivity index (χ2v) is 7.74. The Hall–Kier alpha value is -1.36. The van der Waals surface area contributed by atoms with E-state index in [1.807, 2.05) is 0 Å². The largest absolute Gasteiger partial charge is 0.469 e. The summed E-state index contributed by atoms with van der Waals surface area (Å²) in [6.07, 6.45) is -0.349. The van der Waals surface area contributed by atoms with E-state index in [2.05, 4.69) is 9.46 Å². The van der Waals surface area contributed by atoms with Crippen LogP contribution < -0.4 is 9.86 Å².